The Hall–Kier alpha value is -1.04. The van der Waals surface area contributed by atoms with Gasteiger partial charge in [0, 0.05) is 5.02 Å². The number of hydrogen-bond donors (Lipinski definition) is 2. The van der Waals surface area contributed by atoms with Gasteiger partial charge in [0.25, 0.3) is 0 Å². The number of rotatable bonds is 1. The minimum Gasteiger partial charge on any atom is -0.355 e. The van der Waals surface area contributed by atoms with E-state index in [1.165, 1.54) is 4.90 Å². The lowest BCUT2D eigenvalue weighted by Crippen LogP contribution is -2.37. The van der Waals surface area contributed by atoms with E-state index in [0.29, 0.717) is 27.4 Å². The van der Waals surface area contributed by atoms with Crippen molar-refractivity contribution in [2.45, 2.75) is 19.4 Å². The first-order chi connectivity index (χ1) is 8.78. The number of hydrogen-bond acceptors (Lipinski definition) is 2. The molecular weight excluding hydrogens is 305 g/mol. The molecule has 2 N–H and O–H groups in total. The number of carbonyl (C=O) groups excluding carboxylic acids is 1. The highest BCUT2D eigenvalue weighted by Gasteiger charge is 2.35. The average Bonchev–Trinajstić information content (AvgIpc) is 2.56. The van der Waals surface area contributed by atoms with Crippen LogP contribution < -0.4 is 10.6 Å². The monoisotopic (exact) mass is 317 g/mol. The van der Waals surface area contributed by atoms with E-state index in [4.69, 9.17) is 35.4 Å². The summed E-state index contributed by atoms with van der Waals surface area (Å²) < 4.78 is 0. The van der Waals surface area contributed by atoms with Crippen molar-refractivity contribution in [2.75, 3.05) is 11.9 Å². The lowest BCUT2D eigenvalue weighted by atomic mass is 10.1. The van der Waals surface area contributed by atoms with Crippen LogP contribution in [0.5, 0.6) is 0 Å². The van der Waals surface area contributed by atoms with Crippen molar-refractivity contribution in [1.82, 2.24) is 10.2 Å². The van der Waals surface area contributed by atoms with Crippen LogP contribution >= 0.6 is 35.4 Å². The predicted octanol–water partition coefficient (Wildman–Crippen LogP) is 3.49. The summed E-state index contributed by atoms with van der Waals surface area (Å²) in [6, 6.07) is 4.57. The zero-order valence-electron chi connectivity index (χ0n) is 10.5. The smallest absolute Gasteiger partial charge is 0.328 e. The van der Waals surface area contributed by atoms with Crippen LogP contribution in [0.15, 0.2) is 18.2 Å². The fourth-order valence-corrected chi connectivity index (χ4v) is 2.68. The van der Waals surface area contributed by atoms with Crippen molar-refractivity contribution in [3.8, 4) is 0 Å². The van der Waals surface area contributed by atoms with Gasteiger partial charge in [0.05, 0.1) is 22.8 Å². The molecule has 102 valence electrons. The third-order valence-electron chi connectivity index (χ3n) is 2.66. The summed E-state index contributed by atoms with van der Waals surface area (Å²) in [6.45, 7) is 4.45. The Kier molecular flexibility index (Phi) is 3.90. The molecule has 2 amide bonds. The van der Waals surface area contributed by atoms with Crippen molar-refractivity contribution in [1.29, 1.82) is 0 Å². The second kappa shape index (κ2) is 5.15. The topological polar surface area (TPSA) is 44.4 Å². The summed E-state index contributed by atoms with van der Waals surface area (Å²) in [4.78, 5) is 13.6. The molecule has 1 heterocycles. The fraction of sp³-hybridized carbons (Fsp3) is 0.333. The van der Waals surface area contributed by atoms with E-state index in [1.807, 2.05) is 13.8 Å². The lowest BCUT2D eigenvalue weighted by Gasteiger charge is -2.18. The maximum Gasteiger partial charge on any atom is 0.328 e. The third kappa shape index (κ3) is 3.29. The first-order valence-corrected chi connectivity index (χ1v) is 6.81. The van der Waals surface area contributed by atoms with E-state index in [2.05, 4.69) is 10.6 Å². The molecule has 4 nitrogen and oxygen atoms in total. The summed E-state index contributed by atoms with van der Waals surface area (Å²) in [5.74, 6) is 0. The largest absolute Gasteiger partial charge is 0.355 e. The number of nitrogens with zero attached hydrogens (tertiary/aromatic N) is 1. The lowest BCUT2D eigenvalue weighted by molar-refractivity contribution is 0.233. The molecule has 19 heavy (non-hydrogen) atoms. The predicted molar refractivity (Wildman–Crippen MR) is 82.0 cm³/mol. The van der Waals surface area contributed by atoms with Crippen molar-refractivity contribution in [3.63, 3.8) is 0 Å². The van der Waals surface area contributed by atoms with Crippen LogP contribution in [0.4, 0.5) is 10.5 Å². The number of nitrogens with one attached hydrogen (secondary N) is 2. The molecule has 0 aliphatic carbocycles. The normalized spacial score (nSPS) is 17.3. The van der Waals surface area contributed by atoms with Crippen LogP contribution in [0.2, 0.25) is 10.0 Å². The molecular formula is C12H13Cl2N3OS. The Morgan fingerprint density at radius 3 is 2.68 bits per heavy atom. The van der Waals surface area contributed by atoms with E-state index in [1.54, 1.807) is 18.2 Å². The minimum atomic E-state index is -0.313. The van der Waals surface area contributed by atoms with Crippen LogP contribution in [0, 0.1) is 0 Å². The third-order valence-corrected chi connectivity index (χ3v) is 3.53. The molecule has 0 radical (unpaired) electrons. The van der Waals surface area contributed by atoms with Gasteiger partial charge in [0.15, 0.2) is 5.11 Å². The van der Waals surface area contributed by atoms with E-state index < -0.39 is 0 Å². The molecule has 7 heteroatoms. The second-order valence-corrected chi connectivity index (χ2v) is 6.18. The van der Waals surface area contributed by atoms with Gasteiger partial charge >= 0.3 is 6.03 Å². The number of halogens is 2. The first kappa shape index (κ1) is 14.4. The maximum atomic E-state index is 12.1. The second-order valence-electron chi connectivity index (χ2n) is 4.95. The van der Waals surface area contributed by atoms with E-state index in [9.17, 15) is 4.79 Å². The summed E-state index contributed by atoms with van der Waals surface area (Å²) >= 11 is 16.9. The molecule has 1 fully saturated rings. The molecule has 1 aromatic rings. The first-order valence-electron chi connectivity index (χ1n) is 5.64. The number of benzene rings is 1. The van der Waals surface area contributed by atoms with Gasteiger partial charge in [-0.05, 0) is 44.3 Å². The van der Waals surface area contributed by atoms with Crippen LogP contribution in [-0.4, -0.2) is 28.1 Å². The molecule has 0 aromatic heterocycles. The summed E-state index contributed by atoms with van der Waals surface area (Å²) in [5, 5.41) is 7.11. The highest BCUT2D eigenvalue weighted by atomic mass is 35.5. The van der Waals surface area contributed by atoms with Crippen molar-refractivity contribution >= 4 is 52.3 Å². The molecule has 2 rings (SSSR count). The highest BCUT2D eigenvalue weighted by Crippen LogP contribution is 2.26. The standard InChI is InChI=1S/C12H13Cl2N3OS/c1-12(2)6-17(11(19)16-12)10(18)15-9-4-3-7(13)5-8(9)14/h3-5H,6H2,1-2H3,(H,15,18)(H,16,19). The molecule has 0 spiro atoms. The molecule has 0 unspecified atom stereocenters. The van der Waals surface area contributed by atoms with E-state index in [-0.39, 0.29) is 11.6 Å². The van der Waals surface area contributed by atoms with Gasteiger partial charge in [-0.25, -0.2) is 4.79 Å². The SMILES string of the molecule is CC1(C)CN(C(=O)Nc2ccc(Cl)cc2Cl)C(=S)N1. The van der Waals surface area contributed by atoms with Crippen LogP contribution in [-0.2, 0) is 0 Å². The Balaban J connectivity index is 2.12. The van der Waals surface area contributed by atoms with Crippen LogP contribution in [0.1, 0.15) is 13.8 Å². The minimum absolute atomic E-state index is 0.224. The zero-order chi connectivity index (χ0) is 14.2. The van der Waals surface area contributed by atoms with Gasteiger partial charge in [-0.3, -0.25) is 4.90 Å². The van der Waals surface area contributed by atoms with Gasteiger partial charge in [-0.15, -0.1) is 0 Å². The van der Waals surface area contributed by atoms with Crippen molar-refractivity contribution in [3.05, 3.63) is 28.2 Å². The quantitative estimate of drug-likeness (QED) is 0.779. The van der Waals surface area contributed by atoms with Crippen LogP contribution in [0.25, 0.3) is 0 Å². The summed E-state index contributed by atoms with van der Waals surface area (Å²) in [5.41, 5.74) is 0.279. The Morgan fingerprint density at radius 1 is 1.47 bits per heavy atom. The van der Waals surface area contributed by atoms with Gasteiger partial charge in [-0.1, -0.05) is 23.2 Å². The molecule has 0 bridgehead atoms. The number of carbonyl (C=O) groups is 1. The Morgan fingerprint density at radius 2 is 2.16 bits per heavy atom. The number of amides is 2. The van der Waals surface area contributed by atoms with E-state index >= 15 is 0 Å². The fourth-order valence-electron chi connectivity index (χ4n) is 1.80. The average molecular weight is 318 g/mol. The molecule has 1 aliphatic heterocycles. The highest BCUT2D eigenvalue weighted by molar-refractivity contribution is 7.80. The maximum absolute atomic E-state index is 12.1. The van der Waals surface area contributed by atoms with Crippen molar-refractivity contribution < 1.29 is 4.79 Å². The van der Waals surface area contributed by atoms with Gasteiger partial charge in [-0.2, -0.15) is 0 Å². The van der Waals surface area contributed by atoms with Gasteiger partial charge < -0.3 is 10.6 Å². The number of anilines is 1. The molecule has 0 atom stereocenters. The number of thiocarbonyl (C=S) groups is 1. The Labute approximate surface area is 127 Å². The van der Waals surface area contributed by atoms with Crippen LogP contribution in [0.3, 0.4) is 0 Å². The molecule has 1 aliphatic rings. The van der Waals surface area contributed by atoms with Crippen molar-refractivity contribution in [2.24, 2.45) is 0 Å². The summed E-state index contributed by atoms with van der Waals surface area (Å²) in [7, 11) is 0. The summed E-state index contributed by atoms with van der Waals surface area (Å²) in [6.07, 6.45) is 0. The zero-order valence-corrected chi connectivity index (χ0v) is 12.8. The van der Waals surface area contributed by atoms with E-state index in [0.717, 1.165) is 0 Å². The molecule has 1 aromatic carbocycles. The van der Waals surface area contributed by atoms with Gasteiger partial charge in [0.1, 0.15) is 0 Å². The molecule has 0 saturated carbocycles. The Bertz CT molecular complexity index is 548. The molecule has 1 saturated heterocycles. The van der Waals surface area contributed by atoms with Gasteiger partial charge in [0.2, 0.25) is 0 Å². The number of urea groups is 1.